The third-order valence-corrected chi connectivity index (χ3v) is 7.24. The van der Waals surface area contributed by atoms with Gasteiger partial charge in [0.15, 0.2) is 0 Å². The summed E-state index contributed by atoms with van der Waals surface area (Å²) in [6, 6.07) is 16.6. The molecule has 0 unspecified atom stereocenters. The molecule has 0 spiro atoms. The van der Waals surface area contributed by atoms with E-state index in [0.29, 0.717) is 31.3 Å². The molecule has 6 nitrogen and oxygen atoms in total. The summed E-state index contributed by atoms with van der Waals surface area (Å²) in [5, 5.41) is 3.24. The molecule has 6 heteroatoms. The van der Waals surface area contributed by atoms with Gasteiger partial charge in [-0.25, -0.2) is 4.79 Å². The number of benzene rings is 2. The predicted molar refractivity (Wildman–Crippen MR) is 153 cm³/mol. The molecule has 1 aliphatic heterocycles. The molecular formula is C31H46N4O2. The fraction of sp³-hybridized carbons (Fsp3) is 0.548. The molecule has 0 aliphatic carbocycles. The average molecular weight is 507 g/mol. The molecule has 1 fully saturated rings. The van der Waals surface area contributed by atoms with E-state index < -0.39 is 0 Å². The predicted octanol–water partition coefficient (Wildman–Crippen LogP) is 6.30. The Bertz CT molecular complexity index is 971. The smallest absolute Gasteiger partial charge is 0.321 e. The van der Waals surface area contributed by atoms with Gasteiger partial charge in [0, 0.05) is 57.9 Å². The van der Waals surface area contributed by atoms with Gasteiger partial charge in [-0.2, -0.15) is 0 Å². The number of hydrogen-bond donors (Lipinski definition) is 1. The molecule has 37 heavy (non-hydrogen) atoms. The summed E-state index contributed by atoms with van der Waals surface area (Å²) in [5.74, 6) is 0.750. The van der Waals surface area contributed by atoms with Crippen LogP contribution in [0.15, 0.2) is 48.5 Å². The molecule has 2 aromatic carbocycles. The zero-order chi connectivity index (χ0) is 26.8. The number of urea groups is 1. The second-order valence-corrected chi connectivity index (χ2v) is 10.8. The van der Waals surface area contributed by atoms with Crippen molar-refractivity contribution in [2.24, 2.45) is 0 Å². The van der Waals surface area contributed by atoms with Crippen molar-refractivity contribution in [3.63, 3.8) is 0 Å². The van der Waals surface area contributed by atoms with E-state index in [0.717, 1.165) is 62.4 Å². The number of nitrogens with zero attached hydrogens (tertiary/aromatic N) is 3. The summed E-state index contributed by atoms with van der Waals surface area (Å²) in [5.41, 5.74) is 4.54. The fourth-order valence-corrected chi connectivity index (χ4v) is 4.93. The van der Waals surface area contributed by atoms with Gasteiger partial charge in [0.25, 0.3) is 0 Å². The van der Waals surface area contributed by atoms with Crippen molar-refractivity contribution in [3.8, 4) is 0 Å². The van der Waals surface area contributed by atoms with Crippen LogP contribution in [0.25, 0.3) is 0 Å². The highest BCUT2D eigenvalue weighted by atomic mass is 16.2. The Hall–Kier alpha value is -2.86. The number of amides is 3. The molecular weight excluding hydrogens is 460 g/mol. The van der Waals surface area contributed by atoms with Gasteiger partial charge in [0.05, 0.1) is 0 Å². The molecule has 0 radical (unpaired) electrons. The average Bonchev–Trinajstić information content (AvgIpc) is 2.89. The molecule has 1 N–H and O–H groups in total. The van der Waals surface area contributed by atoms with E-state index >= 15 is 0 Å². The molecule has 0 atom stereocenters. The molecule has 0 saturated carbocycles. The Balaban J connectivity index is 1.58. The lowest BCUT2D eigenvalue weighted by Gasteiger charge is -2.35. The van der Waals surface area contributed by atoms with Crippen LogP contribution in [0.5, 0.6) is 0 Å². The third-order valence-electron chi connectivity index (χ3n) is 7.24. The van der Waals surface area contributed by atoms with E-state index in [2.05, 4.69) is 87.3 Å². The van der Waals surface area contributed by atoms with E-state index in [1.807, 2.05) is 15.9 Å². The largest absolute Gasteiger partial charge is 0.340 e. The van der Waals surface area contributed by atoms with Crippen LogP contribution in [0.2, 0.25) is 0 Å². The molecule has 202 valence electrons. The molecule has 1 heterocycles. The lowest BCUT2D eigenvalue weighted by Crippen LogP contribution is -2.49. The topological polar surface area (TPSA) is 55.9 Å². The maximum Gasteiger partial charge on any atom is 0.321 e. The van der Waals surface area contributed by atoms with Gasteiger partial charge in [-0.05, 0) is 34.9 Å². The molecule has 1 saturated heterocycles. The van der Waals surface area contributed by atoms with Crippen molar-refractivity contribution in [2.75, 3.05) is 44.6 Å². The van der Waals surface area contributed by atoms with Crippen molar-refractivity contribution in [2.45, 2.75) is 72.3 Å². The SMILES string of the molecule is CCCCN(CCC(=O)N1CCN(Cc2ccccc2)CC1)C(=O)Nc1c(C(C)C)cccc1C(C)C. The van der Waals surface area contributed by atoms with Crippen LogP contribution in [-0.2, 0) is 11.3 Å². The first-order chi connectivity index (χ1) is 17.8. The van der Waals surface area contributed by atoms with Crippen molar-refractivity contribution in [1.29, 1.82) is 0 Å². The first-order valence-corrected chi connectivity index (χ1v) is 14.0. The molecule has 3 rings (SSSR count). The van der Waals surface area contributed by atoms with Crippen molar-refractivity contribution < 1.29 is 9.59 Å². The fourth-order valence-electron chi connectivity index (χ4n) is 4.93. The quantitative estimate of drug-likeness (QED) is 0.389. The molecule has 0 bridgehead atoms. The second kappa shape index (κ2) is 14.2. The van der Waals surface area contributed by atoms with E-state index in [4.69, 9.17) is 0 Å². The van der Waals surface area contributed by atoms with E-state index in [9.17, 15) is 9.59 Å². The third kappa shape index (κ3) is 8.32. The number of para-hydroxylation sites is 1. The highest BCUT2D eigenvalue weighted by molar-refractivity contribution is 5.91. The first kappa shape index (κ1) is 28.7. The van der Waals surface area contributed by atoms with Gasteiger partial charge in [-0.1, -0.05) is 89.6 Å². The van der Waals surface area contributed by atoms with Crippen LogP contribution >= 0.6 is 0 Å². The van der Waals surface area contributed by atoms with Crippen molar-refractivity contribution in [3.05, 3.63) is 65.2 Å². The van der Waals surface area contributed by atoms with Crippen LogP contribution < -0.4 is 5.32 Å². The second-order valence-electron chi connectivity index (χ2n) is 10.8. The Kier molecular flexibility index (Phi) is 11.0. The number of rotatable bonds is 11. The minimum atomic E-state index is -0.107. The van der Waals surface area contributed by atoms with Gasteiger partial charge in [-0.3, -0.25) is 9.69 Å². The van der Waals surface area contributed by atoms with Crippen LogP contribution in [-0.4, -0.2) is 65.9 Å². The monoisotopic (exact) mass is 506 g/mol. The van der Waals surface area contributed by atoms with E-state index in [-0.39, 0.29) is 11.9 Å². The van der Waals surface area contributed by atoms with Crippen LogP contribution in [0.4, 0.5) is 10.5 Å². The number of piperazine rings is 1. The Morgan fingerprint density at radius 1 is 0.865 bits per heavy atom. The number of unbranched alkanes of at least 4 members (excludes halogenated alkanes) is 1. The molecule has 0 aromatic heterocycles. The summed E-state index contributed by atoms with van der Waals surface area (Å²) >= 11 is 0. The Labute approximate surface area is 224 Å². The number of anilines is 1. The summed E-state index contributed by atoms with van der Waals surface area (Å²) in [7, 11) is 0. The highest BCUT2D eigenvalue weighted by Crippen LogP contribution is 2.32. The summed E-state index contributed by atoms with van der Waals surface area (Å²) < 4.78 is 0. The van der Waals surface area contributed by atoms with Gasteiger partial charge < -0.3 is 15.1 Å². The van der Waals surface area contributed by atoms with Gasteiger partial charge in [0.2, 0.25) is 5.91 Å². The van der Waals surface area contributed by atoms with Crippen LogP contribution in [0.3, 0.4) is 0 Å². The maximum atomic E-state index is 13.5. The first-order valence-electron chi connectivity index (χ1n) is 14.0. The maximum absolute atomic E-state index is 13.5. The lowest BCUT2D eigenvalue weighted by atomic mass is 9.93. The van der Waals surface area contributed by atoms with Crippen LogP contribution in [0, 0.1) is 0 Å². The van der Waals surface area contributed by atoms with E-state index in [1.165, 1.54) is 5.56 Å². The van der Waals surface area contributed by atoms with Gasteiger partial charge >= 0.3 is 6.03 Å². The Morgan fingerprint density at radius 3 is 2.05 bits per heavy atom. The Morgan fingerprint density at radius 2 is 1.49 bits per heavy atom. The van der Waals surface area contributed by atoms with Gasteiger partial charge in [-0.15, -0.1) is 0 Å². The number of hydrogen-bond acceptors (Lipinski definition) is 3. The van der Waals surface area contributed by atoms with Crippen molar-refractivity contribution >= 4 is 17.6 Å². The zero-order valence-electron chi connectivity index (χ0n) is 23.5. The number of carbonyl (C=O) groups is 2. The number of carbonyl (C=O) groups excluding carboxylic acids is 2. The van der Waals surface area contributed by atoms with Crippen molar-refractivity contribution in [1.82, 2.24) is 14.7 Å². The molecule has 2 aromatic rings. The summed E-state index contributed by atoms with van der Waals surface area (Å²) in [4.78, 5) is 32.7. The van der Waals surface area contributed by atoms with Gasteiger partial charge in [0.1, 0.15) is 0 Å². The normalized spacial score (nSPS) is 14.3. The summed E-state index contributed by atoms with van der Waals surface area (Å²) in [6.07, 6.45) is 2.28. The standard InChI is InChI=1S/C31H46N4O2/c1-6-7-17-35(31(37)32-30-27(24(2)3)14-11-15-28(30)25(4)5)18-16-29(36)34-21-19-33(20-22-34)23-26-12-9-8-10-13-26/h8-15,24-25H,6-7,16-23H2,1-5H3,(H,32,37). The van der Waals surface area contributed by atoms with E-state index in [1.54, 1.807) is 0 Å². The molecule has 3 amide bonds. The number of nitrogens with one attached hydrogen (secondary N) is 1. The lowest BCUT2D eigenvalue weighted by molar-refractivity contribution is -0.133. The minimum Gasteiger partial charge on any atom is -0.340 e. The highest BCUT2D eigenvalue weighted by Gasteiger charge is 2.24. The summed E-state index contributed by atoms with van der Waals surface area (Å²) in [6.45, 7) is 16.0. The zero-order valence-corrected chi connectivity index (χ0v) is 23.5. The molecule has 1 aliphatic rings. The van der Waals surface area contributed by atoms with Crippen LogP contribution in [0.1, 0.15) is 82.4 Å². The minimum absolute atomic E-state index is 0.107.